The van der Waals surface area contributed by atoms with Gasteiger partial charge in [0.15, 0.2) is 0 Å². The molecule has 0 bridgehead atoms. The summed E-state index contributed by atoms with van der Waals surface area (Å²) in [7, 11) is 2.77. The van der Waals surface area contributed by atoms with Gasteiger partial charge in [0.2, 0.25) is 5.91 Å². The minimum absolute atomic E-state index is 0.0818. The number of hydrogen-bond acceptors (Lipinski definition) is 4. The molecule has 2 unspecified atom stereocenters. The van der Waals surface area contributed by atoms with Crippen molar-refractivity contribution >= 4 is 48.0 Å². The van der Waals surface area contributed by atoms with Gasteiger partial charge < -0.3 is 10.2 Å². The summed E-state index contributed by atoms with van der Waals surface area (Å²) >= 11 is 10.2. The highest BCUT2D eigenvalue weighted by molar-refractivity contribution is 9.10. The molecule has 1 N–H and O–H groups in total. The first-order valence-corrected chi connectivity index (χ1v) is 13.7. The molecule has 1 aliphatic carbocycles. The first-order valence-electron chi connectivity index (χ1n) is 11.9. The maximum Gasteiger partial charge on any atom is 0.222 e. The van der Waals surface area contributed by atoms with Gasteiger partial charge in [-0.2, -0.15) is 0 Å². The van der Waals surface area contributed by atoms with E-state index >= 15 is 0 Å². The molecule has 0 radical (unpaired) electrons. The van der Waals surface area contributed by atoms with Crippen LogP contribution in [-0.4, -0.2) is 60.0 Å². The van der Waals surface area contributed by atoms with E-state index in [2.05, 4.69) is 52.4 Å². The van der Waals surface area contributed by atoms with Crippen molar-refractivity contribution < 1.29 is 4.79 Å². The molecular formula is C25H31BrClN4OP. The summed E-state index contributed by atoms with van der Waals surface area (Å²) < 4.78 is 1.00. The zero-order chi connectivity index (χ0) is 22.9. The Labute approximate surface area is 212 Å². The van der Waals surface area contributed by atoms with Gasteiger partial charge in [-0.05, 0) is 94.7 Å². The van der Waals surface area contributed by atoms with E-state index in [4.69, 9.17) is 16.6 Å². The van der Waals surface area contributed by atoms with E-state index in [-0.39, 0.29) is 6.04 Å². The highest BCUT2D eigenvalue weighted by atomic mass is 79.9. The van der Waals surface area contributed by atoms with Crippen LogP contribution < -0.4 is 10.6 Å². The lowest BCUT2D eigenvalue weighted by Gasteiger charge is -2.40. The molecule has 0 spiro atoms. The summed E-state index contributed by atoms with van der Waals surface area (Å²) in [5.74, 6) is 0.855. The van der Waals surface area contributed by atoms with Gasteiger partial charge in [-0.25, -0.2) is 0 Å². The van der Waals surface area contributed by atoms with Crippen LogP contribution in [0.5, 0.6) is 0 Å². The van der Waals surface area contributed by atoms with Gasteiger partial charge in [0, 0.05) is 43.3 Å². The summed E-state index contributed by atoms with van der Waals surface area (Å²) in [5, 5.41) is 5.26. The third-order valence-corrected chi connectivity index (χ3v) is 9.17. The van der Waals surface area contributed by atoms with E-state index in [1.165, 1.54) is 16.7 Å². The maximum atomic E-state index is 13.0. The second-order valence-corrected chi connectivity index (χ2v) is 11.3. The number of nitrogens with one attached hydrogen (secondary N) is 1. The quantitative estimate of drug-likeness (QED) is 0.593. The fourth-order valence-corrected chi connectivity index (χ4v) is 6.58. The number of pyridine rings is 1. The summed E-state index contributed by atoms with van der Waals surface area (Å²) in [5.41, 5.74) is 5.00. The molecule has 2 saturated heterocycles. The van der Waals surface area contributed by atoms with Crippen LogP contribution >= 0.6 is 36.8 Å². The minimum atomic E-state index is 0.0818. The molecule has 3 aliphatic rings. The van der Waals surface area contributed by atoms with E-state index in [0.717, 1.165) is 85.4 Å². The normalized spacial score (nSPS) is 21.9. The number of halogens is 2. The van der Waals surface area contributed by atoms with Crippen LogP contribution in [0.1, 0.15) is 47.7 Å². The Morgan fingerprint density at radius 3 is 2.70 bits per heavy atom. The molecule has 2 aliphatic heterocycles. The van der Waals surface area contributed by atoms with Crippen molar-refractivity contribution in [1.29, 1.82) is 0 Å². The molecule has 2 fully saturated rings. The lowest BCUT2D eigenvalue weighted by molar-refractivity contribution is -0.134. The number of benzene rings is 1. The van der Waals surface area contributed by atoms with E-state index < -0.39 is 0 Å². The topological polar surface area (TPSA) is 48.5 Å². The van der Waals surface area contributed by atoms with Crippen LogP contribution in [0.4, 0.5) is 0 Å². The van der Waals surface area contributed by atoms with Crippen LogP contribution in [-0.2, 0) is 17.6 Å². The summed E-state index contributed by atoms with van der Waals surface area (Å²) in [6.45, 7) is 5.34. The predicted octanol–water partition coefficient (Wildman–Crippen LogP) is 3.72. The van der Waals surface area contributed by atoms with Crippen molar-refractivity contribution in [1.82, 2.24) is 20.1 Å². The Morgan fingerprint density at radius 1 is 1.18 bits per heavy atom. The third kappa shape index (κ3) is 5.01. The highest BCUT2D eigenvalue weighted by Gasteiger charge is 2.34. The zero-order valence-corrected chi connectivity index (χ0v) is 22.3. The van der Waals surface area contributed by atoms with Gasteiger partial charge in [0.1, 0.15) is 0 Å². The van der Waals surface area contributed by atoms with E-state index in [9.17, 15) is 4.79 Å². The molecule has 0 saturated carbocycles. The lowest BCUT2D eigenvalue weighted by Crippen LogP contribution is -2.50. The largest absolute Gasteiger partial charge is 0.340 e. The first kappa shape index (κ1) is 23.7. The molecule has 1 aromatic carbocycles. The number of amides is 1. The van der Waals surface area contributed by atoms with Crippen LogP contribution in [0.25, 0.3) is 0 Å². The van der Waals surface area contributed by atoms with E-state index in [1.807, 2.05) is 12.3 Å². The van der Waals surface area contributed by atoms with Crippen molar-refractivity contribution in [3.8, 4) is 0 Å². The van der Waals surface area contributed by atoms with Gasteiger partial charge >= 0.3 is 0 Å². The van der Waals surface area contributed by atoms with Gasteiger partial charge in [0.05, 0.1) is 16.8 Å². The van der Waals surface area contributed by atoms with E-state index in [1.54, 1.807) is 0 Å². The Bertz CT molecular complexity index is 1040. The number of aromatic nitrogens is 1. The predicted molar refractivity (Wildman–Crippen MR) is 140 cm³/mol. The molecular weight excluding hydrogens is 519 g/mol. The molecule has 1 aromatic heterocycles. The van der Waals surface area contributed by atoms with Crippen LogP contribution in [0.2, 0.25) is 5.02 Å². The number of carbonyl (C=O) groups excluding carboxylic acids is 1. The molecule has 2 aromatic rings. The number of piperidine rings is 1. The second kappa shape index (κ2) is 10.3. The highest BCUT2D eigenvalue weighted by Crippen LogP contribution is 2.41. The Hall–Kier alpha value is -1.04. The van der Waals surface area contributed by atoms with Crippen LogP contribution in [0, 0.1) is 5.92 Å². The fraction of sp³-hybridized carbons (Fsp3) is 0.520. The third-order valence-electron chi connectivity index (χ3n) is 7.41. The average molecular weight is 550 g/mol. The summed E-state index contributed by atoms with van der Waals surface area (Å²) in [6.07, 6.45) is 6.75. The molecule has 5 nitrogen and oxygen atoms in total. The lowest BCUT2D eigenvalue weighted by atomic mass is 9.93. The SMILES string of the molecule is O=C(CC1CCNCC1)N1CCN(C2c3ccc(Cl)c(Br)c3CCc3cc(P)cnc32)CC1. The van der Waals surface area contributed by atoms with Crippen molar-refractivity contribution in [3.63, 3.8) is 0 Å². The molecule has 33 heavy (non-hydrogen) atoms. The standard InChI is InChI=1S/C25H31BrClN4OP/c26-23-19-2-1-17-14-18(33)15-29-24(17)25(20(19)3-4-21(23)27)31-11-9-30(10-12-31)22(32)13-16-5-7-28-8-6-16/h3-4,14-16,25,28H,1-2,5-13,33H2. The van der Waals surface area contributed by atoms with Crippen LogP contribution in [0.15, 0.2) is 28.9 Å². The molecule has 3 heterocycles. The number of nitrogens with zero attached hydrogens (tertiary/aromatic N) is 3. The number of aryl methyl sites for hydroxylation is 1. The minimum Gasteiger partial charge on any atom is -0.340 e. The zero-order valence-electron chi connectivity index (χ0n) is 18.8. The van der Waals surface area contributed by atoms with Gasteiger partial charge in [0.25, 0.3) is 0 Å². The summed E-state index contributed by atoms with van der Waals surface area (Å²) in [6, 6.07) is 6.50. The number of carbonyl (C=O) groups is 1. The second-order valence-electron chi connectivity index (χ2n) is 9.46. The summed E-state index contributed by atoms with van der Waals surface area (Å²) in [4.78, 5) is 22.5. The van der Waals surface area contributed by atoms with Crippen molar-refractivity contribution in [2.45, 2.75) is 38.1 Å². The van der Waals surface area contributed by atoms with Gasteiger partial charge in [-0.15, -0.1) is 9.24 Å². The monoisotopic (exact) mass is 548 g/mol. The molecule has 1 amide bonds. The molecule has 5 rings (SSSR count). The number of piperazine rings is 1. The number of fused-ring (bicyclic) bond motifs is 2. The van der Waals surface area contributed by atoms with Crippen LogP contribution in [0.3, 0.4) is 0 Å². The van der Waals surface area contributed by atoms with E-state index in [0.29, 0.717) is 18.2 Å². The van der Waals surface area contributed by atoms with Crippen molar-refractivity contribution in [2.75, 3.05) is 39.3 Å². The number of rotatable bonds is 3. The molecule has 8 heteroatoms. The Morgan fingerprint density at radius 2 is 1.94 bits per heavy atom. The van der Waals surface area contributed by atoms with Gasteiger partial charge in [-0.3, -0.25) is 14.7 Å². The van der Waals surface area contributed by atoms with Crippen molar-refractivity contribution in [3.05, 3.63) is 56.3 Å². The maximum absolute atomic E-state index is 13.0. The number of hydrogen-bond donors (Lipinski definition) is 1. The fourth-order valence-electron chi connectivity index (χ4n) is 5.57. The van der Waals surface area contributed by atoms with Crippen molar-refractivity contribution in [2.24, 2.45) is 5.92 Å². The average Bonchev–Trinajstić information content (AvgIpc) is 2.99. The van der Waals surface area contributed by atoms with Gasteiger partial charge in [-0.1, -0.05) is 17.7 Å². The Balaban J connectivity index is 1.38. The Kier molecular flexibility index (Phi) is 7.39. The first-order chi connectivity index (χ1) is 16.0. The smallest absolute Gasteiger partial charge is 0.222 e. The molecule has 2 atom stereocenters. The molecule has 176 valence electrons.